The molecule has 5 heteroatoms. The van der Waals surface area contributed by atoms with Crippen LogP contribution in [-0.2, 0) is 0 Å². The Labute approximate surface area is 126 Å². The van der Waals surface area contributed by atoms with Crippen LogP contribution in [0, 0.1) is 23.0 Å². The molecule has 0 aliphatic carbocycles. The number of nitrogens with zero attached hydrogens (tertiary/aromatic N) is 2. The summed E-state index contributed by atoms with van der Waals surface area (Å²) in [6.45, 7) is 9.07. The number of anilines is 1. The fourth-order valence-corrected chi connectivity index (χ4v) is 2.86. The van der Waals surface area contributed by atoms with Gasteiger partial charge in [0.1, 0.15) is 0 Å². The molecule has 0 bridgehead atoms. The molecule has 1 atom stereocenters. The summed E-state index contributed by atoms with van der Waals surface area (Å²) in [4.78, 5) is 13.1. The van der Waals surface area contributed by atoms with Crippen molar-refractivity contribution in [3.8, 4) is 0 Å². The van der Waals surface area contributed by atoms with Crippen LogP contribution in [0.25, 0.3) is 0 Å². The maximum Gasteiger partial charge on any atom is 0.274 e. The number of piperidine rings is 1. The van der Waals surface area contributed by atoms with Crippen LogP contribution < -0.4 is 10.2 Å². The van der Waals surface area contributed by atoms with Gasteiger partial charge in [-0.1, -0.05) is 19.9 Å². The normalized spacial score (nSPS) is 19.0. The van der Waals surface area contributed by atoms with Gasteiger partial charge in [0.25, 0.3) is 5.69 Å². The number of nitrogens with one attached hydrogen (secondary N) is 1. The highest BCUT2D eigenvalue weighted by atomic mass is 16.6. The van der Waals surface area contributed by atoms with E-state index in [0.29, 0.717) is 12.0 Å². The van der Waals surface area contributed by atoms with Crippen molar-refractivity contribution in [3.05, 3.63) is 33.9 Å². The van der Waals surface area contributed by atoms with Gasteiger partial charge in [0, 0.05) is 36.4 Å². The van der Waals surface area contributed by atoms with Gasteiger partial charge < -0.3 is 10.2 Å². The second-order valence-corrected chi connectivity index (χ2v) is 6.25. The van der Waals surface area contributed by atoms with Crippen molar-refractivity contribution < 1.29 is 4.92 Å². The van der Waals surface area contributed by atoms with Crippen molar-refractivity contribution >= 4 is 11.4 Å². The monoisotopic (exact) mass is 291 g/mol. The Balaban J connectivity index is 2.07. The minimum Gasteiger partial charge on any atom is -0.371 e. The van der Waals surface area contributed by atoms with Crippen molar-refractivity contribution in [1.29, 1.82) is 0 Å². The molecule has 0 spiro atoms. The molecule has 1 aliphatic heterocycles. The molecule has 0 radical (unpaired) electrons. The smallest absolute Gasteiger partial charge is 0.274 e. The van der Waals surface area contributed by atoms with E-state index >= 15 is 0 Å². The van der Waals surface area contributed by atoms with Crippen molar-refractivity contribution in [2.45, 2.75) is 39.7 Å². The van der Waals surface area contributed by atoms with Crippen LogP contribution in [0.2, 0.25) is 0 Å². The average molecular weight is 291 g/mol. The van der Waals surface area contributed by atoms with Crippen molar-refractivity contribution in [2.24, 2.45) is 5.92 Å². The first-order valence-corrected chi connectivity index (χ1v) is 7.70. The zero-order valence-electron chi connectivity index (χ0n) is 13.1. The molecule has 0 amide bonds. The summed E-state index contributed by atoms with van der Waals surface area (Å²) < 4.78 is 0. The Morgan fingerprint density at radius 1 is 1.48 bits per heavy atom. The van der Waals surface area contributed by atoms with Crippen molar-refractivity contribution in [3.63, 3.8) is 0 Å². The Morgan fingerprint density at radius 3 is 2.90 bits per heavy atom. The molecule has 5 nitrogen and oxygen atoms in total. The molecule has 1 aliphatic rings. The number of rotatable bonds is 5. The molecular formula is C16H25N3O2. The molecule has 1 aromatic carbocycles. The van der Waals surface area contributed by atoms with E-state index in [4.69, 9.17) is 0 Å². The lowest BCUT2D eigenvalue weighted by atomic mass is 9.97. The second-order valence-electron chi connectivity index (χ2n) is 6.25. The predicted molar refractivity (Wildman–Crippen MR) is 85.9 cm³/mol. The third kappa shape index (κ3) is 4.17. The molecule has 2 rings (SSSR count). The number of benzene rings is 1. The highest BCUT2D eigenvalue weighted by molar-refractivity contribution is 5.56. The largest absolute Gasteiger partial charge is 0.371 e. The molecule has 1 aromatic rings. The van der Waals surface area contributed by atoms with Crippen LogP contribution in [0.5, 0.6) is 0 Å². The number of nitro benzene ring substituents is 1. The zero-order valence-corrected chi connectivity index (χ0v) is 13.1. The van der Waals surface area contributed by atoms with E-state index in [9.17, 15) is 10.1 Å². The Kier molecular flexibility index (Phi) is 5.17. The molecule has 1 N–H and O–H groups in total. The molecular weight excluding hydrogens is 266 g/mol. The topological polar surface area (TPSA) is 58.4 Å². The van der Waals surface area contributed by atoms with Gasteiger partial charge in [0.15, 0.2) is 0 Å². The minimum absolute atomic E-state index is 0.218. The maximum absolute atomic E-state index is 11.1. The van der Waals surface area contributed by atoms with Gasteiger partial charge in [-0.25, -0.2) is 0 Å². The zero-order chi connectivity index (χ0) is 15.4. The summed E-state index contributed by atoms with van der Waals surface area (Å²) in [5.74, 6) is 0.613. The Hall–Kier alpha value is -1.62. The van der Waals surface area contributed by atoms with Crippen LogP contribution in [0.1, 0.15) is 32.3 Å². The van der Waals surface area contributed by atoms with Gasteiger partial charge >= 0.3 is 0 Å². The second kappa shape index (κ2) is 6.89. The third-order valence-corrected chi connectivity index (χ3v) is 4.09. The highest BCUT2D eigenvalue weighted by Crippen LogP contribution is 2.28. The summed E-state index contributed by atoms with van der Waals surface area (Å²) in [5.41, 5.74) is 1.91. The van der Waals surface area contributed by atoms with E-state index in [1.165, 1.54) is 6.42 Å². The Bertz CT molecular complexity index is 502. The number of hydrogen-bond acceptors (Lipinski definition) is 4. The summed E-state index contributed by atoms with van der Waals surface area (Å²) in [6.07, 6.45) is 2.37. The van der Waals surface area contributed by atoms with Crippen molar-refractivity contribution in [2.75, 3.05) is 24.5 Å². The summed E-state index contributed by atoms with van der Waals surface area (Å²) in [7, 11) is 0. The van der Waals surface area contributed by atoms with Crippen LogP contribution in [-0.4, -0.2) is 30.6 Å². The van der Waals surface area contributed by atoms with Crippen LogP contribution in [0.3, 0.4) is 0 Å². The highest BCUT2D eigenvalue weighted by Gasteiger charge is 2.22. The van der Waals surface area contributed by atoms with Gasteiger partial charge in [-0.2, -0.15) is 0 Å². The lowest BCUT2D eigenvalue weighted by molar-refractivity contribution is -0.385. The molecule has 116 valence electrons. The molecule has 1 heterocycles. The van der Waals surface area contributed by atoms with E-state index in [1.54, 1.807) is 13.0 Å². The van der Waals surface area contributed by atoms with Gasteiger partial charge in [0.2, 0.25) is 0 Å². The molecule has 0 aromatic heterocycles. The molecule has 0 saturated carbocycles. The van der Waals surface area contributed by atoms with Gasteiger partial charge in [-0.15, -0.1) is 0 Å². The molecule has 1 saturated heterocycles. The molecule has 1 unspecified atom stereocenters. The van der Waals surface area contributed by atoms with E-state index in [-0.39, 0.29) is 10.6 Å². The average Bonchev–Trinajstić information content (AvgIpc) is 2.45. The number of hydrogen-bond donors (Lipinski definition) is 1. The summed E-state index contributed by atoms with van der Waals surface area (Å²) >= 11 is 0. The van der Waals surface area contributed by atoms with Crippen LogP contribution in [0.4, 0.5) is 11.4 Å². The molecule has 21 heavy (non-hydrogen) atoms. The fourth-order valence-electron chi connectivity index (χ4n) is 2.86. The number of nitro groups is 1. The van der Waals surface area contributed by atoms with Gasteiger partial charge in [-0.3, -0.25) is 10.1 Å². The van der Waals surface area contributed by atoms with Gasteiger partial charge in [0.05, 0.1) is 4.92 Å². The standard InChI is InChI=1S/C16H25N3O2/c1-12(2)17-10-14-5-4-8-18(11-14)15-7-6-13(3)16(9-15)19(20)21/h6-7,9,12,14,17H,4-5,8,10-11H2,1-3H3. The van der Waals surface area contributed by atoms with Crippen LogP contribution in [0.15, 0.2) is 18.2 Å². The minimum atomic E-state index is -0.291. The van der Waals surface area contributed by atoms with E-state index in [2.05, 4.69) is 24.1 Å². The SMILES string of the molecule is Cc1ccc(N2CCCC(CNC(C)C)C2)cc1[N+](=O)[O-]. The lowest BCUT2D eigenvalue weighted by Gasteiger charge is -2.35. The fraction of sp³-hybridized carbons (Fsp3) is 0.625. The van der Waals surface area contributed by atoms with Gasteiger partial charge in [-0.05, 0) is 38.3 Å². The van der Waals surface area contributed by atoms with Crippen LogP contribution >= 0.6 is 0 Å². The predicted octanol–water partition coefficient (Wildman–Crippen LogP) is 3.12. The lowest BCUT2D eigenvalue weighted by Crippen LogP contribution is -2.41. The van der Waals surface area contributed by atoms with Crippen molar-refractivity contribution in [1.82, 2.24) is 5.32 Å². The first kappa shape index (κ1) is 15.8. The quantitative estimate of drug-likeness (QED) is 0.669. The van der Waals surface area contributed by atoms with E-state index < -0.39 is 0 Å². The first-order valence-electron chi connectivity index (χ1n) is 7.70. The third-order valence-electron chi connectivity index (χ3n) is 4.09. The maximum atomic E-state index is 11.1. The first-order chi connectivity index (χ1) is 9.97. The van der Waals surface area contributed by atoms with E-state index in [1.807, 2.05) is 12.1 Å². The van der Waals surface area contributed by atoms with E-state index in [0.717, 1.165) is 37.3 Å². The summed E-state index contributed by atoms with van der Waals surface area (Å²) in [6, 6.07) is 6.07. The number of aryl methyl sites for hydroxylation is 1. The molecule has 1 fully saturated rings. The Morgan fingerprint density at radius 2 is 2.24 bits per heavy atom. The summed E-state index contributed by atoms with van der Waals surface area (Å²) in [5, 5.41) is 14.6.